The van der Waals surface area contributed by atoms with Crippen LogP contribution in [0.5, 0.6) is 0 Å². The zero-order chi connectivity index (χ0) is 40.8. The molecule has 0 bridgehead atoms. The second-order valence-corrected chi connectivity index (χ2v) is 16.8. The number of hydrogen-bond donors (Lipinski definition) is 3. The highest BCUT2D eigenvalue weighted by molar-refractivity contribution is 5.76. The zero-order valence-corrected chi connectivity index (χ0v) is 37.4. The van der Waals surface area contributed by atoms with Gasteiger partial charge in [-0.05, 0) is 51.4 Å². The number of nitrogens with one attached hydrogen (secondary N) is 1. The Hall–Kier alpha value is -1.66. The summed E-state index contributed by atoms with van der Waals surface area (Å²) in [4.78, 5) is 24.4. The summed E-state index contributed by atoms with van der Waals surface area (Å²) in [7, 11) is 0. The van der Waals surface area contributed by atoms with Crippen molar-refractivity contribution in [1.29, 1.82) is 0 Å². The predicted molar refractivity (Wildman–Crippen MR) is 241 cm³/mol. The van der Waals surface area contributed by atoms with Gasteiger partial charge in [-0.15, -0.1) is 0 Å². The Morgan fingerprint density at radius 3 is 1.30 bits per heavy atom. The molecule has 0 aromatic carbocycles. The standard InChI is InChI=1S/C50H95NO5/c1-3-5-7-9-11-13-15-17-18-19-20-22-24-28-32-36-40-44-50(55)56-45-41-37-33-29-25-27-31-35-39-43-49(54)51-47(46-52)48(53)42-38-34-30-26-23-21-16-14-12-10-8-6-4-2/h27,31,38,42,47-48,52-53H,3-26,28-30,32-37,39-41,43-46H2,1-2H3,(H,51,54)/b31-27-,42-38+. The summed E-state index contributed by atoms with van der Waals surface area (Å²) in [5.41, 5.74) is 0. The maximum absolute atomic E-state index is 12.4. The lowest BCUT2D eigenvalue weighted by molar-refractivity contribution is -0.143. The van der Waals surface area contributed by atoms with Gasteiger partial charge in [0, 0.05) is 12.8 Å². The van der Waals surface area contributed by atoms with Gasteiger partial charge in [-0.1, -0.05) is 218 Å². The van der Waals surface area contributed by atoms with Crippen LogP contribution in [-0.2, 0) is 14.3 Å². The molecular formula is C50H95NO5. The van der Waals surface area contributed by atoms with Crippen molar-refractivity contribution in [3.8, 4) is 0 Å². The van der Waals surface area contributed by atoms with Gasteiger partial charge in [0.1, 0.15) is 0 Å². The van der Waals surface area contributed by atoms with Gasteiger partial charge in [0.15, 0.2) is 0 Å². The van der Waals surface area contributed by atoms with E-state index in [9.17, 15) is 19.8 Å². The molecule has 0 aromatic rings. The van der Waals surface area contributed by atoms with Crippen molar-refractivity contribution in [2.24, 2.45) is 0 Å². The van der Waals surface area contributed by atoms with Gasteiger partial charge in [0.25, 0.3) is 0 Å². The number of unbranched alkanes of at least 4 members (excludes halogenated alkanes) is 32. The van der Waals surface area contributed by atoms with Crippen LogP contribution in [0.4, 0.5) is 0 Å². The van der Waals surface area contributed by atoms with Crippen LogP contribution < -0.4 is 5.32 Å². The molecule has 0 saturated heterocycles. The van der Waals surface area contributed by atoms with Gasteiger partial charge in [-0.2, -0.15) is 0 Å². The van der Waals surface area contributed by atoms with Crippen molar-refractivity contribution < 1.29 is 24.5 Å². The minimum Gasteiger partial charge on any atom is -0.466 e. The minimum atomic E-state index is -0.873. The first-order valence-corrected chi connectivity index (χ1v) is 24.6. The van der Waals surface area contributed by atoms with Crippen LogP contribution >= 0.6 is 0 Å². The van der Waals surface area contributed by atoms with Crippen LogP contribution in [0, 0.1) is 0 Å². The number of amides is 1. The molecular weight excluding hydrogens is 695 g/mol. The number of aliphatic hydroxyl groups excluding tert-OH is 2. The van der Waals surface area contributed by atoms with Crippen LogP contribution in [0.25, 0.3) is 0 Å². The number of esters is 1. The number of rotatable bonds is 45. The summed E-state index contributed by atoms with van der Waals surface area (Å²) in [5.74, 6) is -0.163. The Morgan fingerprint density at radius 1 is 0.482 bits per heavy atom. The third-order valence-corrected chi connectivity index (χ3v) is 11.2. The molecule has 6 heteroatoms. The smallest absolute Gasteiger partial charge is 0.305 e. The fourth-order valence-electron chi connectivity index (χ4n) is 7.40. The van der Waals surface area contributed by atoms with Gasteiger partial charge in [-0.3, -0.25) is 9.59 Å². The van der Waals surface area contributed by atoms with Crippen molar-refractivity contribution in [3.05, 3.63) is 24.3 Å². The highest BCUT2D eigenvalue weighted by Gasteiger charge is 2.17. The molecule has 56 heavy (non-hydrogen) atoms. The minimum absolute atomic E-state index is 0.0347. The van der Waals surface area contributed by atoms with Gasteiger partial charge >= 0.3 is 5.97 Å². The molecule has 0 fully saturated rings. The van der Waals surface area contributed by atoms with Gasteiger partial charge in [0.05, 0.1) is 25.4 Å². The lowest BCUT2D eigenvalue weighted by Crippen LogP contribution is -2.45. The van der Waals surface area contributed by atoms with E-state index in [-0.39, 0.29) is 18.5 Å². The average Bonchev–Trinajstić information content (AvgIpc) is 3.20. The molecule has 0 saturated carbocycles. The molecule has 3 N–H and O–H groups in total. The largest absolute Gasteiger partial charge is 0.466 e. The van der Waals surface area contributed by atoms with E-state index < -0.39 is 12.1 Å². The van der Waals surface area contributed by atoms with Crippen LogP contribution in [-0.4, -0.2) is 47.4 Å². The topological polar surface area (TPSA) is 95.9 Å². The summed E-state index contributed by atoms with van der Waals surface area (Å²) in [5, 5.41) is 22.9. The number of carbonyl (C=O) groups is 2. The zero-order valence-electron chi connectivity index (χ0n) is 37.4. The van der Waals surface area contributed by atoms with Gasteiger partial charge < -0.3 is 20.3 Å². The molecule has 0 heterocycles. The Kier molecular flexibility index (Phi) is 44.7. The number of ether oxygens (including phenoxy) is 1. The third kappa shape index (κ3) is 42.0. The molecule has 0 aliphatic rings. The van der Waals surface area contributed by atoms with E-state index in [0.717, 1.165) is 70.6 Å². The summed E-state index contributed by atoms with van der Waals surface area (Å²) in [6.07, 6.45) is 53.2. The normalized spacial score (nSPS) is 12.9. The molecule has 0 rings (SSSR count). The number of allylic oxidation sites excluding steroid dienone is 3. The molecule has 0 radical (unpaired) electrons. The maximum atomic E-state index is 12.4. The summed E-state index contributed by atoms with van der Waals surface area (Å²) < 4.78 is 5.44. The Balaban J connectivity index is 3.55. The highest BCUT2D eigenvalue weighted by atomic mass is 16.5. The maximum Gasteiger partial charge on any atom is 0.305 e. The first-order valence-electron chi connectivity index (χ1n) is 24.6. The molecule has 2 unspecified atom stereocenters. The first-order chi connectivity index (χ1) is 27.5. The molecule has 0 aliphatic heterocycles. The predicted octanol–water partition coefficient (Wildman–Crippen LogP) is 14.3. The van der Waals surface area contributed by atoms with Crippen LogP contribution in [0.1, 0.15) is 258 Å². The van der Waals surface area contributed by atoms with E-state index in [1.54, 1.807) is 6.08 Å². The fraction of sp³-hybridized carbons (Fsp3) is 0.880. The van der Waals surface area contributed by atoms with E-state index in [1.807, 2.05) is 6.08 Å². The number of hydrogen-bond acceptors (Lipinski definition) is 5. The van der Waals surface area contributed by atoms with E-state index in [1.165, 1.54) is 161 Å². The lowest BCUT2D eigenvalue weighted by atomic mass is 10.0. The quantitative estimate of drug-likeness (QED) is 0.0324. The third-order valence-electron chi connectivity index (χ3n) is 11.2. The van der Waals surface area contributed by atoms with E-state index in [2.05, 4.69) is 31.3 Å². The SMILES string of the molecule is CCCCCCCCCCCCC/C=C/C(O)C(CO)NC(=O)CCC/C=C\CCCCCCOC(=O)CCCCCCCCCCCCCCCCCCC. The molecule has 2 atom stereocenters. The molecule has 0 spiro atoms. The number of aliphatic hydroxyl groups is 2. The average molecular weight is 790 g/mol. The highest BCUT2D eigenvalue weighted by Crippen LogP contribution is 2.16. The van der Waals surface area contributed by atoms with Crippen molar-refractivity contribution in [3.63, 3.8) is 0 Å². The summed E-state index contributed by atoms with van der Waals surface area (Å²) in [6, 6.07) is -0.663. The van der Waals surface area contributed by atoms with Gasteiger partial charge in [0.2, 0.25) is 5.91 Å². The second-order valence-electron chi connectivity index (χ2n) is 16.8. The molecule has 6 nitrogen and oxygen atoms in total. The Morgan fingerprint density at radius 2 is 0.857 bits per heavy atom. The summed E-state index contributed by atoms with van der Waals surface area (Å²) in [6.45, 7) is 4.81. The molecule has 330 valence electrons. The van der Waals surface area contributed by atoms with E-state index in [0.29, 0.717) is 19.4 Å². The molecule has 0 aromatic heterocycles. The van der Waals surface area contributed by atoms with E-state index in [4.69, 9.17) is 4.74 Å². The number of carbonyl (C=O) groups excluding carboxylic acids is 2. The Bertz CT molecular complexity index is 874. The fourth-order valence-corrected chi connectivity index (χ4v) is 7.40. The monoisotopic (exact) mass is 790 g/mol. The first kappa shape index (κ1) is 54.3. The molecule has 1 amide bonds. The Labute approximate surface area is 348 Å². The van der Waals surface area contributed by atoms with Crippen LogP contribution in [0.2, 0.25) is 0 Å². The van der Waals surface area contributed by atoms with Crippen LogP contribution in [0.3, 0.4) is 0 Å². The van der Waals surface area contributed by atoms with Crippen molar-refractivity contribution in [2.75, 3.05) is 13.2 Å². The second kappa shape index (κ2) is 46.0. The van der Waals surface area contributed by atoms with E-state index >= 15 is 0 Å². The van der Waals surface area contributed by atoms with Crippen LogP contribution in [0.15, 0.2) is 24.3 Å². The molecule has 0 aliphatic carbocycles. The van der Waals surface area contributed by atoms with Crippen molar-refractivity contribution >= 4 is 11.9 Å². The van der Waals surface area contributed by atoms with Crippen molar-refractivity contribution in [2.45, 2.75) is 270 Å². The lowest BCUT2D eigenvalue weighted by Gasteiger charge is -2.19. The van der Waals surface area contributed by atoms with Gasteiger partial charge in [-0.25, -0.2) is 0 Å². The van der Waals surface area contributed by atoms with Crippen molar-refractivity contribution in [1.82, 2.24) is 5.32 Å². The summed E-state index contributed by atoms with van der Waals surface area (Å²) >= 11 is 0.